The highest BCUT2D eigenvalue weighted by Crippen LogP contribution is 2.34. The van der Waals surface area contributed by atoms with Gasteiger partial charge in [0, 0.05) is 38.1 Å². The molecule has 5 rings (SSSR count). The highest BCUT2D eigenvalue weighted by atomic mass is 32.2. The molecule has 1 aromatic heterocycles. The Labute approximate surface area is 192 Å². The zero-order valence-corrected chi connectivity index (χ0v) is 18.7. The van der Waals surface area contributed by atoms with Crippen molar-refractivity contribution >= 4 is 15.9 Å². The van der Waals surface area contributed by atoms with E-state index in [1.807, 2.05) is 48.7 Å². The molecule has 9 heteroatoms. The lowest BCUT2D eigenvalue weighted by atomic mass is 9.99. The molecule has 0 saturated carbocycles. The van der Waals surface area contributed by atoms with Crippen molar-refractivity contribution in [3.05, 3.63) is 89.5 Å². The molecule has 1 unspecified atom stereocenters. The summed E-state index contributed by atoms with van der Waals surface area (Å²) in [7, 11) is -3.86. The molecule has 0 N–H and O–H groups in total. The molecule has 3 aromatic rings. The Morgan fingerprint density at radius 1 is 0.939 bits per heavy atom. The number of fused-ring (bicyclic) bond motifs is 1. The van der Waals surface area contributed by atoms with Crippen LogP contribution in [0.3, 0.4) is 0 Å². The standard InChI is InChI=1S/C24H24FN3O4S/c25-21-9-8-19(33(30,31)27-13-15-32-16-14-27)17-20(21)24(29)28-12-11-26-10-4-7-22(26)23(28)18-5-2-1-3-6-18/h1-10,17,23H,11-16H2. The SMILES string of the molecule is O=C(c1cc(S(=O)(=O)N2CCOCC2)ccc1F)N1CCn2cccc2C1c1ccccc1. The van der Waals surface area contributed by atoms with Gasteiger partial charge in [-0.15, -0.1) is 0 Å². The van der Waals surface area contributed by atoms with Crippen LogP contribution in [0, 0.1) is 5.82 Å². The van der Waals surface area contributed by atoms with Crippen molar-refractivity contribution in [2.45, 2.75) is 17.5 Å². The lowest BCUT2D eigenvalue weighted by Gasteiger charge is -2.37. The predicted octanol–water partition coefficient (Wildman–Crippen LogP) is 2.89. The van der Waals surface area contributed by atoms with Gasteiger partial charge in [-0.25, -0.2) is 12.8 Å². The maximum Gasteiger partial charge on any atom is 0.257 e. The maximum atomic E-state index is 14.9. The fraction of sp³-hybridized carbons (Fsp3) is 0.292. The van der Waals surface area contributed by atoms with Gasteiger partial charge >= 0.3 is 0 Å². The Morgan fingerprint density at radius 3 is 2.45 bits per heavy atom. The van der Waals surface area contributed by atoms with Crippen LogP contribution in [0.2, 0.25) is 0 Å². The van der Waals surface area contributed by atoms with Gasteiger partial charge in [0.25, 0.3) is 5.91 Å². The molecule has 0 bridgehead atoms. The highest BCUT2D eigenvalue weighted by Gasteiger charge is 2.35. The predicted molar refractivity (Wildman–Crippen MR) is 120 cm³/mol. The van der Waals surface area contributed by atoms with Crippen molar-refractivity contribution in [1.29, 1.82) is 0 Å². The topological polar surface area (TPSA) is 71.8 Å². The van der Waals surface area contributed by atoms with E-state index in [9.17, 15) is 17.6 Å². The van der Waals surface area contributed by atoms with Gasteiger partial charge in [-0.1, -0.05) is 30.3 Å². The summed E-state index contributed by atoms with van der Waals surface area (Å²) in [4.78, 5) is 15.2. The number of aromatic nitrogens is 1. The number of rotatable bonds is 4. The van der Waals surface area contributed by atoms with Gasteiger partial charge in [0.2, 0.25) is 10.0 Å². The van der Waals surface area contributed by atoms with Crippen LogP contribution >= 0.6 is 0 Å². The van der Waals surface area contributed by atoms with E-state index in [1.165, 1.54) is 10.4 Å². The van der Waals surface area contributed by atoms with Gasteiger partial charge in [-0.2, -0.15) is 4.31 Å². The van der Waals surface area contributed by atoms with E-state index in [1.54, 1.807) is 4.90 Å². The number of benzene rings is 2. The third kappa shape index (κ3) is 3.96. The second kappa shape index (κ2) is 8.74. The summed E-state index contributed by atoms with van der Waals surface area (Å²) in [6, 6.07) is 16.5. The molecule has 2 aromatic carbocycles. The molecule has 3 heterocycles. The third-order valence-electron chi connectivity index (χ3n) is 6.19. The number of amides is 1. The molecule has 1 saturated heterocycles. The first kappa shape index (κ1) is 21.8. The van der Waals surface area contributed by atoms with Gasteiger partial charge in [-0.05, 0) is 35.9 Å². The van der Waals surface area contributed by atoms with Crippen LogP contribution in [-0.4, -0.2) is 60.9 Å². The summed E-state index contributed by atoms with van der Waals surface area (Å²) in [6.07, 6.45) is 1.96. The van der Waals surface area contributed by atoms with Crippen LogP contribution in [0.1, 0.15) is 27.7 Å². The van der Waals surface area contributed by atoms with Crippen molar-refractivity contribution in [3.8, 4) is 0 Å². The lowest BCUT2D eigenvalue weighted by molar-refractivity contribution is 0.0658. The van der Waals surface area contributed by atoms with E-state index in [0.717, 1.165) is 23.4 Å². The van der Waals surface area contributed by atoms with Gasteiger partial charge in [0.15, 0.2) is 0 Å². The summed E-state index contributed by atoms with van der Waals surface area (Å²) >= 11 is 0. The van der Waals surface area contributed by atoms with E-state index in [4.69, 9.17) is 4.74 Å². The first-order valence-electron chi connectivity index (χ1n) is 10.9. The van der Waals surface area contributed by atoms with Crippen LogP contribution in [0.4, 0.5) is 4.39 Å². The van der Waals surface area contributed by atoms with E-state index < -0.39 is 27.8 Å². The molecule has 1 atom stereocenters. The summed E-state index contributed by atoms with van der Waals surface area (Å²) in [5.41, 5.74) is 1.59. The average molecular weight is 470 g/mol. The number of sulfonamides is 1. The summed E-state index contributed by atoms with van der Waals surface area (Å²) < 4.78 is 49.7. The van der Waals surface area contributed by atoms with Crippen LogP contribution in [0.5, 0.6) is 0 Å². The number of halogens is 1. The second-order valence-electron chi connectivity index (χ2n) is 8.10. The number of hydrogen-bond acceptors (Lipinski definition) is 4. The van der Waals surface area contributed by atoms with Crippen molar-refractivity contribution in [2.75, 3.05) is 32.8 Å². The van der Waals surface area contributed by atoms with Crippen LogP contribution in [0.25, 0.3) is 0 Å². The first-order chi connectivity index (χ1) is 16.0. The van der Waals surface area contributed by atoms with E-state index in [-0.39, 0.29) is 23.5 Å². The molecule has 1 fully saturated rings. The molecule has 2 aliphatic heterocycles. The maximum absolute atomic E-state index is 14.9. The quantitative estimate of drug-likeness (QED) is 0.589. The third-order valence-corrected chi connectivity index (χ3v) is 8.09. The summed E-state index contributed by atoms with van der Waals surface area (Å²) in [5.74, 6) is -1.28. The second-order valence-corrected chi connectivity index (χ2v) is 10.0. The molecule has 0 aliphatic carbocycles. The number of hydrogen-bond donors (Lipinski definition) is 0. The molecule has 0 radical (unpaired) electrons. The smallest absolute Gasteiger partial charge is 0.257 e. The van der Waals surface area contributed by atoms with Gasteiger partial charge in [0.05, 0.1) is 29.7 Å². The van der Waals surface area contributed by atoms with Crippen molar-refractivity contribution in [3.63, 3.8) is 0 Å². The molecular weight excluding hydrogens is 445 g/mol. The highest BCUT2D eigenvalue weighted by molar-refractivity contribution is 7.89. The number of carbonyl (C=O) groups is 1. The number of carbonyl (C=O) groups excluding carboxylic acids is 1. The molecule has 33 heavy (non-hydrogen) atoms. The minimum absolute atomic E-state index is 0.0919. The Morgan fingerprint density at radius 2 is 1.70 bits per heavy atom. The monoisotopic (exact) mass is 469 g/mol. The zero-order chi connectivity index (χ0) is 23.0. The fourth-order valence-corrected chi connectivity index (χ4v) is 5.94. The summed E-state index contributed by atoms with van der Waals surface area (Å²) in [6.45, 7) is 2.01. The van der Waals surface area contributed by atoms with Gasteiger partial charge in [0.1, 0.15) is 5.82 Å². The molecule has 172 valence electrons. The first-order valence-corrected chi connectivity index (χ1v) is 12.3. The molecule has 1 amide bonds. The van der Waals surface area contributed by atoms with Gasteiger partial charge < -0.3 is 14.2 Å². The zero-order valence-electron chi connectivity index (χ0n) is 17.9. The normalized spacial score (nSPS) is 19.3. The van der Waals surface area contributed by atoms with Crippen molar-refractivity contribution in [1.82, 2.24) is 13.8 Å². The van der Waals surface area contributed by atoms with E-state index in [2.05, 4.69) is 4.57 Å². The van der Waals surface area contributed by atoms with E-state index in [0.29, 0.717) is 26.3 Å². The van der Waals surface area contributed by atoms with Crippen LogP contribution in [0.15, 0.2) is 71.8 Å². The number of morpholine rings is 1. The Bertz CT molecular complexity index is 1270. The Balaban J connectivity index is 1.53. The van der Waals surface area contributed by atoms with Crippen molar-refractivity contribution in [2.24, 2.45) is 0 Å². The fourth-order valence-electron chi connectivity index (χ4n) is 4.51. The Kier molecular flexibility index (Phi) is 5.77. The Hall–Kier alpha value is -3.01. The van der Waals surface area contributed by atoms with Crippen molar-refractivity contribution < 1.29 is 22.3 Å². The lowest BCUT2D eigenvalue weighted by Crippen LogP contribution is -2.43. The van der Waals surface area contributed by atoms with Gasteiger partial charge in [-0.3, -0.25) is 4.79 Å². The number of ether oxygens (including phenoxy) is 1. The molecule has 2 aliphatic rings. The van der Waals surface area contributed by atoms with Crippen LogP contribution in [-0.2, 0) is 21.3 Å². The minimum atomic E-state index is -3.86. The summed E-state index contributed by atoms with van der Waals surface area (Å²) in [5, 5.41) is 0. The molecule has 0 spiro atoms. The molecular formula is C24H24FN3O4S. The van der Waals surface area contributed by atoms with E-state index >= 15 is 0 Å². The number of nitrogens with zero attached hydrogens (tertiary/aromatic N) is 3. The minimum Gasteiger partial charge on any atom is -0.379 e. The largest absolute Gasteiger partial charge is 0.379 e. The average Bonchev–Trinajstić information content (AvgIpc) is 3.33. The van der Waals surface area contributed by atoms with Crippen LogP contribution < -0.4 is 0 Å². The molecule has 7 nitrogen and oxygen atoms in total.